The van der Waals surface area contributed by atoms with Gasteiger partial charge in [-0.05, 0) is 52.7 Å². The van der Waals surface area contributed by atoms with E-state index in [1.54, 1.807) is 0 Å². The summed E-state index contributed by atoms with van der Waals surface area (Å²) >= 11 is 9.81. The normalized spacial score (nSPS) is 19.3. The SMILES string of the molecule is Clc1ccc(Br)c(N2CCCNC(c3ccccc3)C2)c1. The maximum absolute atomic E-state index is 6.17. The Hall–Kier alpha value is -1.03. The molecule has 0 saturated carbocycles. The van der Waals surface area contributed by atoms with Crippen LogP contribution >= 0.6 is 27.5 Å². The maximum atomic E-state index is 6.17. The summed E-state index contributed by atoms with van der Waals surface area (Å²) in [5.74, 6) is 0. The van der Waals surface area contributed by atoms with E-state index in [0.29, 0.717) is 6.04 Å². The molecule has 1 aliphatic rings. The molecular formula is C17H18BrClN2. The number of nitrogens with zero attached hydrogens (tertiary/aromatic N) is 1. The van der Waals surface area contributed by atoms with Gasteiger partial charge in [-0.1, -0.05) is 41.9 Å². The van der Waals surface area contributed by atoms with E-state index >= 15 is 0 Å². The van der Waals surface area contributed by atoms with Gasteiger partial charge >= 0.3 is 0 Å². The predicted octanol–water partition coefficient (Wildman–Crippen LogP) is 4.64. The second-order valence-electron chi connectivity index (χ2n) is 5.31. The molecule has 4 heteroatoms. The molecule has 3 rings (SSSR count). The van der Waals surface area contributed by atoms with E-state index < -0.39 is 0 Å². The fourth-order valence-electron chi connectivity index (χ4n) is 2.78. The van der Waals surface area contributed by atoms with Crippen LogP contribution < -0.4 is 10.2 Å². The van der Waals surface area contributed by atoms with E-state index in [4.69, 9.17) is 11.6 Å². The van der Waals surface area contributed by atoms with Crippen LogP contribution in [0.15, 0.2) is 53.0 Å². The average molecular weight is 366 g/mol. The minimum Gasteiger partial charge on any atom is -0.369 e. The fraction of sp³-hybridized carbons (Fsp3) is 0.294. The van der Waals surface area contributed by atoms with Crippen LogP contribution in [0.25, 0.3) is 0 Å². The van der Waals surface area contributed by atoms with Crippen LogP contribution in [-0.2, 0) is 0 Å². The average Bonchev–Trinajstić information content (AvgIpc) is 2.76. The van der Waals surface area contributed by atoms with Gasteiger partial charge in [0.1, 0.15) is 0 Å². The molecule has 2 aromatic carbocycles. The number of halogens is 2. The Kier molecular flexibility index (Phi) is 4.84. The lowest BCUT2D eigenvalue weighted by molar-refractivity contribution is 0.570. The molecule has 1 heterocycles. The molecule has 1 atom stereocenters. The van der Waals surface area contributed by atoms with Crippen molar-refractivity contribution >= 4 is 33.2 Å². The monoisotopic (exact) mass is 364 g/mol. The molecule has 1 saturated heterocycles. The number of anilines is 1. The Bertz CT molecular complexity index is 603. The van der Waals surface area contributed by atoms with Gasteiger partial charge in [-0.3, -0.25) is 0 Å². The molecule has 0 bridgehead atoms. The van der Waals surface area contributed by atoms with E-state index in [-0.39, 0.29) is 0 Å². The lowest BCUT2D eigenvalue weighted by Crippen LogP contribution is -2.31. The largest absolute Gasteiger partial charge is 0.369 e. The molecule has 1 unspecified atom stereocenters. The Balaban J connectivity index is 1.87. The second kappa shape index (κ2) is 6.82. The molecule has 21 heavy (non-hydrogen) atoms. The van der Waals surface area contributed by atoms with Crippen molar-refractivity contribution in [1.29, 1.82) is 0 Å². The van der Waals surface area contributed by atoms with E-state index in [1.807, 2.05) is 18.2 Å². The van der Waals surface area contributed by atoms with E-state index in [2.05, 4.69) is 56.5 Å². The van der Waals surface area contributed by atoms with Gasteiger partial charge in [0.25, 0.3) is 0 Å². The van der Waals surface area contributed by atoms with Crippen LogP contribution in [0.2, 0.25) is 5.02 Å². The first-order valence-electron chi connectivity index (χ1n) is 7.22. The first kappa shape index (κ1) is 14.9. The van der Waals surface area contributed by atoms with Crippen LogP contribution in [0, 0.1) is 0 Å². The third kappa shape index (κ3) is 3.60. The molecule has 1 aliphatic heterocycles. The first-order valence-corrected chi connectivity index (χ1v) is 8.39. The number of rotatable bonds is 2. The van der Waals surface area contributed by atoms with Gasteiger partial charge in [0.15, 0.2) is 0 Å². The summed E-state index contributed by atoms with van der Waals surface area (Å²) < 4.78 is 1.10. The summed E-state index contributed by atoms with van der Waals surface area (Å²) in [5.41, 5.74) is 2.51. The fourth-order valence-corrected chi connectivity index (χ4v) is 3.44. The summed E-state index contributed by atoms with van der Waals surface area (Å²) in [4.78, 5) is 2.41. The van der Waals surface area contributed by atoms with Crippen LogP contribution in [0.5, 0.6) is 0 Å². The zero-order chi connectivity index (χ0) is 14.7. The molecule has 0 aromatic heterocycles. The van der Waals surface area contributed by atoms with Gasteiger partial charge in [-0.15, -0.1) is 0 Å². The second-order valence-corrected chi connectivity index (χ2v) is 6.60. The molecule has 0 radical (unpaired) electrons. The van der Waals surface area contributed by atoms with E-state index in [9.17, 15) is 0 Å². The molecule has 110 valence electrons. The molecule has 1 fully saturated rings. The molecule has 0 spiro atoms. The van der Waals surface area contributed by atoms with Crippen molar-refractivity contribution < 1.29 is 0 Å². The van der Waals surface area contributed by atoms with Gasteiger partial charge < -0.3 is 10.2 Å². The van der Waals surface area contributed by atoms with Crippen molar-refractivity contribution in [3.05, 3.63) is 63.6 Å². The zero-order valence-electron chi connectivity index (χ0n) is 11.7. The van der Waals surface area contributed by atoms with Crippen molar-refractivity contribution in [3.8, 4) is 0 Å². The highest BCUT2D eigenvalue weighted by Gasteiger charge is 2.20. The summed E-state index contributed by atoms with van der Waals surface area (Å²) in [6.07, 6.45) is 1.13. The topological polar surface area (TPSA) is 15.3 Å². The number of hydrogen-bond donors (Lipinski definition) is 1. The van der Waals surface area contributed by atoms with Crippen LogP contribution in [-0.4, -0.2) is 19.6 Å². The third-order valence-corrected chi connectivity index (χ3v) is 4.75. The summed E-state index contributed by atoms with van der Waals surface area (Å²) in [6, 6.07) is 17.0. The van der Waals surface area contributed by atoms with E-state index in [0.717, 1.165) is 35.6 Å². The van der Waals surface area contributed by atoms with Crippen LogP contribution in [0.4, 0.5) is 5.69 Å². The Morgan fingerprint density at radius 3 is 2.76 bits per heavy atom. The van der Waals surface area contributed by atoms with Crippen molar-refractivity contribution in [2.75, 3.05) is 24.5 Å². The summed E-state index contributed by atoms with van der Waals surface area (Å²) in [5, 5.41) is 4.42. The number of hydrogen-bond acceptors (Lipinski definition) is 2. The molecular weight excluding hydrogens is 348 g/mol. The third-order valence-electron chi connectivity index (χ3n) is 3.85. The highest BCUT2D eigenvalue weighted by Crippen LogP contribution is 2.31. The zero-order valence-corrected chi connectivity index (χ0v) is 14.1. The first-order chi connectivity index (χ1) is 10.2. The Morgan fingerprint density at radius 2 is 1.95 bits per heavy atom. The predicted molar refractivity (Wildman–Crippen MR) is 93.2 cm³/mol. The smallest absolute Gasteiger partial charge is 0.0526 e. The number of benzene rings is 2. The van der Waals surface area contributed by atoms with Gasteiger partial charge in [0.05, 0.1) is 5.69 Å². The minimum absolute atomic E-state index is 0.347. The Morgan fingerprint density at radius 1 is 1.14 bits per heavy atom. The molecule has 0 amide bonds. The lowest BCUT2D eigenvalue weighted by atomic mass is 10.1. The molecule has 1 N–H and O–H groups in total. The van der Waals surface area contributed by atoms with Gasteiger partial charge in [-0.2, -0.15) is 0 Å². The van der Waals surface area contributed by atoms with Gasteiger partial charge in [0.2, 0.25) is 0 Å². The van der Waals surface area contributed by atoms with Gasteiger partial charge in [-0.25, -0.2) is 0 Å². The van der Waals surface area contributed by atoms with Crippen molar-refractivity contribution in [2.24, 2.45) is 0 Å². The number of nitrogens with one attached hydrogen (secondary N) is 1. The Labute approximate surface area is 139 Å². The standard InChI is InChI=1S/C17H18BrClN2/c18-15-8-7-14(19)11-17(15)21-10-4-9-20-16(12-21)13-5-2-1-3-6-13/h1-3,5-8,11,16,20H,4,9-10,12H2. The van der Waals surface area contributed by atoms with Crippen molar-refractivity contribution in [3.63, 3.8) is 0 Å². The molecule has 0 aliphatic carbocycles. The van der Waals surface area contributed by atoms with Gasteiger partial charge in [0, 0.05) is 28.6 Å². The van der Waals surface area contributed by atoms with Crippen LogP contribution in [0.3, 0.4) is 0 Å². The lowest BCUT2D eigenvalue weighted by Gasteiger charge is -2.28. The van der Waals surface area contributed by atoms with Crippen molar-refractivity contribution in [1.82, 2.24) is 5.32 Å². The van der Waals surface area contributed by atoms with Crippen molar-refractivity contribution in [2.45, 2.75) is 12.5 Å². The maximum Gasteiger partial charge on any atom is 0.0526 e. The quantitative estimate of drug-likeness (QED) is 0.834. The highest BCUT2D eigenvalue weighted by atomic mass is 79.9. The minimum atomic E-state index is 0.347. The van der Waals surface area contributed by atoms with E-state index in [1.165, 1.54) is 11.3 Å². The summed E-state index contributed by atoms with van der Waals surface area (Å²) in [7, 11) is 0. The molecule has 2 nitrogen and oxygen atoms in total. The molecule has 2 aromatic rings. The highest BCUT2D eigenvalue weighted by molar-refractivity contribution is 9.10. The summed E-state index contributed by atoms with van der Waals surface area (Å²) in [6.45, 7) is 3.02. The van der Waals surface area contributed by atoms with Crippen LogP contribution in [0.1, 0.15) is 18.0 Å².